The molecule has 7 nitrogen and oxygen atoms in total. The molecule has 1 fully saturated rings. The molecular formula is C20H20N2O5S. The van der Waals surface area contributed by atoms with Gasteiger partial charge in [-0.1, -0.05) is 24.3 Å². The number of carbonyl (C=O) groups is 1. The molecule has 1 aliphatic heterocycles. The van der Waals surface area contributed by atoms with Crippen LogP contribution in [0.15, 0.2) is 42.5 Å². The Morgan fingerprint density at radius 3 is 2.75 bits per heavy atom. The van der Waals surface area contributed by atoms with Gasteiger partial charge in [-0.25, -0.2) is 4.68 Å². The van der Waals surface area contributed by atoms with Crippen LogP contribution in [0.5, 0.6) is 5.75 Å². The van der Waals surface area contributed by atoms with E-state index < -0.39 is 10.1 Å². The van der Waals surface area contributed by atoms with Crippen LogP contribution in [-0.2, 0) is 14.9 Å². The largest absolute Gasteiger partial charge is 0.382 e. The summed E-state index contributed by atoms with van der Waals surface area (Å²) >= 11 is 0. The lowest BCUT2D eigenvalue weighted by Gasteiger charge is -2.23. The van der Waals surface area contributed by atoms with Gasteiger partial charge in [0.15, 0.2) is 12.5 Å². The predicted molar refractivity (Wildman–Crippen MR) is 105 cm³/mol. The van der Waals surface area contributed by atoms with Crippen molar-refractivity contribution in [3.05, 3.63) is 48.2 Å². The number of aldehydes is 1. The Hall–Kier alpha value is -2.71. The summed E-state index contributed by atoms with van der Waals surface area (Å²) in [6, 6.07) is 12.4. The Labute approximate surface area is 163 Å². The van der Waals surface area contributed by atoms with E-state index in [0.717, 1.165) is 42.9 Å². The molecule has 0 bridgehead atoms. The van der Waals surface area contributed by atoms with Crippen LogP contribution in [-0.4, -0.2) is 37.3 Å². The molecule has 8 heteroatoms. The van der Waals surface area contributed by atoms with Gasteiger partial charge in [-0.3, -0.25) is 4.79 Å². The molecule has 28 heavy (non-hydrogen) atoms. The van der Waals surface area contributed by atoms with Gasteiger partial charge in [-0.2, -0.15) is 13.5 Å². The van der Waals surface area contributed by atoms with E-state index in [0.29, 0.717) is 23.3 Å². The molecule has 1 unspecified atom stereocenters. The number of para-hydroxylation sites is 1. The summed E-state index contributed by atoms with van der Waals surface area (Å²) in [6.45, 7) is 0.677. The Morgan fingerprint density at radius 1 is 1.21 bits per heavy atom. The number of fused-ring (bicyclic) bond motifs is 1. The first-order valence-corrected chi connectivity index (χ1v) is 10.9. The second kappa shape index (κ2) is 7.37. The second-order valence-corrected chi connectivity index (χ2v) is 8.36. The highest BCUT2D eigenvalue weighted by Gasteiger charge is 2.21. The first kappa shape index (κ1) is 18.6. The number of carbonyl (C=O) groups excluding carboxylic acids is 1. The van der Waals surface area contributed by atoms with E-state index in [9.17, 15) is 13.2 Å². The summed E-state index contributed by atoms with van der Waals surface area (Å²) < 4.78 is 35.9. The zero-order valence-electron chi connectivity index (χ0n) is 15.4. The molecule has 0 radical (unpaired) electrons. The minimum Gasteiger partial charge on any atom is -0.382 e. The number of aromatic nitrogens is 2. The zero-order valence-corrected chi connectivity index (χ0v) is 16.2. The van der Waals surface area contributed by atoms with Crippen LogP contribution >= 0.6 is 0 Å². The van der Waals surface area contributed by atoms with Crippen molar-refractivity contribution in [1.29, 1.82) is 0 Å². The quantitative estimate of drug-likeness (QED) is 0.481. The molecule has 3 aromatic rings. The first-order valence-electron chi connectivity index (χ1n) is 9.04. The second-order valence-electron chi connectivity index (χ2n) is 6.78. The molecule has 1 aromatic heterocycles. The highest BCUT2D eigenvalue weighted by molar-refractivity contribution is 7.86. The van der Waals surface area contributed by atoms with Gasteiger partial charge < -0.3 is 8.92 Å². The van der Waals surface area contributed by atoms with Gasteiger partial charge in [0, 0.05) is 17.6 Å². The summed E-state index contributed by atoms with van der Waals surface area (Å²) in [4.78, 5) is 11.6. The summed E-state index contributed by atoms with van der Waals surface area (Å²) in [5, 5.41) is 5.14. The summed E-state index contributed by atoms with van der Waals surface area (Å²) in [5.41, 5.74) is 2.49. The molecule has 0 aliphatic carbocycles. The third-order valence-corrected chi connectivity index (χ3v) is 5.20. The van der Waals surface area contributed by atoms with Crippen LogP contribution in [0.1, 0.15) is 36.0 Å². The van der Waals surface area contributed by atoms with Crippen LogP contribution in [0.4, 0.5) is 0 Å². The van der Waals surface area contributed by atoms with Gasteiger partial charge in [0.2, 0.25) is 0 Å². The lowest BCUT2D eigenvalue weighted by Crippen LogP contribution is -2.19. The summed E-state index contributed by atoms with van der Waals surface area (Å²) in [7, 11) is -3.66. The van der Waals surface area contributed by atoms with Crippen molar-refractivity contribution in [3.8, 4) is 16.9 Å². The molecule has 146 valence electrons. The smallest absolute Gasteiger partial charge is 0.306 e. The Balaban J connectivity index is 1.82. The maximum Gasteiger partial charge on any atom is 0.306 e. The standard InChI is InChI=1S/C20H20N2O5S/c1-28(24,25)27-19-7-3-2-6-15(19)14-9-10-18-16(12-14)17(13-23)21-22(18)20-8-4-5-11-26-20/h2-3,6-7,9-10,12-13,20H,4-5,8,11H2,1H3. The van der Waals surface area contributed by atoms with Gasteiger partial charge in [0.25, 0.3) is 0 Å². The van der Waals surface area contributed by atoms with Crippen molar-refractivity contribution in [2.75, 3.05) is 12.9 Å². The first-order chi connectivity index (χ1) is 13.5. The van der Waals surface area contributed by atoms with E-state index >= 15 is 0 Å². The van der Waals surface area contributed by atoms with Crippen molar-refractivity contribution in [2.45, 2.75) is 25.5 Å². The average Bonchev–Trinajstić information content (AvgIpc) is 3.06. The Kier molecular flexibility index (Phi) is 4.91. The van der Waals surface area contributed by atoms with E-state index in [-0.39, 0.29) is 12.0 Å². The zero-order chi connectivity index (χ0) is 19.7. The van der Waals surface area contributed by atoms with Crippen molar-refractivity contribution in [2.24, 2.45) is 0 Å². The molecule has 4 rings (SSSR count). The molecule has 2 aromatic carbocycles. The normalized spacial score (nSPS) is 17.5. The maximum atomic E-state index is 11.6. The molecule has 2 heterocycles. The fourth-order valence-electron chi connectivity index (χ4n) is 3.50. The molecule has 0 saturated carbocycles. The highest BCUT2D eigenvalue weighted by atomic mass is 32.2. The van der Waals surface area contributed by atoms with Crippen molar-refractivity contribution in [3.63, 3.8) is 0 Å². The molecule has 1 saturated heterocycles. The SMILES string of the molecule is CS(=O)(=O)Oc1ccccc1-c1ccc2c(c1)c(C=O)nn2C1CCCCO1. The van der Waals surface area contributed by atoms with Gasteiger partial charge >= 0.3 is 10.1 Å². The molecule has 0 N–H and O–H groups in total. The molecular weight excluding hydrogens is 380 g/mol. The number of nitrogens with zero attached hydrogens (tertiary/aromatic N) is 2. The van der Waals surface area contributed by atoms with Crippen LogP contribution in [0, 0.1) is 0 Å². The van der Waals surface area contributed by atoms with Crippen LogP contribution < -0.4 is 4.18 Å². The summed E-state index contributed by atoms with van der Waals surface area (Å²) in [5.74, 6) is 0.236. The van der Waals surface area contributed by atoms with Gasteiger partial charge in [0.05, 0.1) is 11.8 Å². The fraction of sp³-hybridized carbons (Fsp3) is 0.300. The number of hydrogen-bond donors (Lipinski definition) is 0. The molecule has 0 spiro atoms. The summed E-state index contributed by atoms with van der Waals surface area (Å²) in [6.07, 6.45) is 4.48. The number of ether oxygens (including phenoxy) is 1. The number of benzene rings is 2. The van der Waals surface area contributed by atoms with Crippen molar-refractivity contribution >= 4 is 27.3 Å². The van der Waals surface area contributed by atoms with E-state index in [1.165, 1.54) is 0 Å². The van der Waals surface area contributed by atoms with E-state index in [1.54, 1.807) is 28.9 Å². The topological polar surface area (TPSA) is 87.5 Å². The van der Waals surface area contributed by atoms with Crippen molar-refractivity contribution < 1.29 is 22.1 Å². The minimum absolute atomic E-state index is 0.184. The van der Waals surface area contributed by atoms with Gasteiger partial charge in [-0.15, -0.1) is 0 Å². The Morgan fingerprint density at radius 2 is 2.04 bits per heavy atom. The number of hydrogen-bond acceptors (Lipinski definition) is 6. The lowest BCUT2D eigenvalue weighted by molar-refractivity contribution is -0.0367. The van der Waals surface area contributed by atoms with Crippen molar-refractivity contribution in [1.82, 2.24) is 9.78 Å². The Bertz CT molecular complexity index is 1130. The third kappa shape index (κ3) is 3.65. The van der Waals surface area contributed by atoms with Crippen LogP contribution in [0.25, 0.3) is 22.0 Å². The monoisotopic (exact) mass is 400 g/mol. The fourth-order valence-corrected chi connectivity index (χ4v) is 3.97. The van der Waals surface area contributed by atoms with Gasteiger partial charge in [0.1, 0.15) is 11.4 Å². The molecule has 1 aliphatic rings. The number of rotatable bonds is 5. The minimum atomic E-state index is -3.66. The molecule has 0 amide bonds. The predicted octanol–water partition coefficient (Wildman–Crippen LogP) is 3.55. The third-order valence-electron chi connectivity index (χ3n) is 4.71. The highest BCUT2D eigenvalue weighted by Crippen LogP contribution is 2.34. The lowest BCUT2D eigenvalue weighted by atomic mass is 10.0. The van der Waals surface area contributed by atoms with E-state index in [4.69, 9.17) is 8.92 Å². The maximum absolute atomic E-state index is 11.6. The van der Waals surface area contributed by atoms with E-state index in [2.05, 4.69) is 5.10 Å². The van der Waals surface area contributed by atoms with Crippen LogP contribution in [0.3, 0.4) is 0 Å². The van der Waals surface area contributed by atoms with Crippen LogP contribution in [0.2, 0.25) is 0 Å². The van der Waals surface area contributed by atoms with Gasteiger partial charge in [-0.05, 0) is 43.0 Å². The molecule has 1 atom stereocenters. The average molecular weight is 400 g/mol. The van der Waals surface area contributed by atoms with E-state index in [1.807, 2.05) is 18.2 Å².